The quantitative estimate of drug-likeness (QED) is 0.777. The zero-order valence-corrected chi connectivity index (χ0v) is 13.2. The van der Waals surface area contributed by atoms with Crippen LogP contribution in [0.2, 0.25) is 0 Å². The lowest BCUT2D eigenvalue weighted by atomic mass is 10.1. The predicted octanol–water partition coefficient (Wildman–Crippen LogP) is 0.671. The van der Waals surface area contributed by atoms with E-state index >= 15 is 0 Å². The summed E-state index contributed by atoms with van der Waals surface area (Å²) in [5.41, 5.74) is 0. The van der Waals surface area contributed by atoms with Gasteiger partial charge < -0.3 is 9.84 Å². The fourth-order valence-corrected chi connectivity index (χ4v) is 4.83. The van der Waals surface area contributed by atoms with E-state index in [0.29, 0.717) is 32.5 Å². The molecule has 0 aromatic heterocycles. The van der Waals surface area contributed by atoms with Gasteiger partial charge in [0.15, 0.2) is 0 Å². The SMILES string of the molecule is CCN(CC1CCCO1)S(=O)(=O)N1CCCCC1C(=O)O. The van der Waals surface area contributed by atoms with E-state index in [1.807, 2.05) is 0 Å². The van der Waals surface area contributed by atoms with E-state index in [1.165, 1.54) is 4.31 Å². The molecule has 2 aliphatic rings. The van der Waals surface area contributed by atoms with Crippen molar-refractivity contribution >= 4 is 16.2 Å². The van der Waals surface area contributed by atoms with Crippen molar-refractivity contribution in [3.63, 3.8) is 0 Å². The van der Waals surface area contributed by atoms with Gasteiger partial charge in [-0.3, -0.25) is 4.79 Å². The molecule has 1 N–H and O–H groups in total. The third-order valence-electron chi connectivity index (χ3n) is 4.15. The molecular formula is C13H24N2O5S. The third kappa shape index (κ3) is 3.74. The lowest BCUT2D eigenvalue weighted by molar-refractivity contribution is -0.142. The first-order chi connectivity index (χ1) is 9.96. The maximum absolute atomic E-state index is 12.8. The molecule has 0 saturated carbocycles. The summed E-state index contributed by atoms with van der Waals surface area (Å²) in [5, 5.41) is 9.26. The largest absolute Gasteiger partial charge is 0.480 e. The van der Waals surface area contributed by atoms with Crippen LogP contribution >= 0.6 is 0 Å². The highest BCUT2D eigenvalue weighted by atomic mass is 32.2. The zero-order valence-electron chi connectivity index (χ0n) is 12.4. The van der Waals surface area contributed by atoms with Crippen molar-refractivity contribution in [1.82, 2.24) is 8.61 Å². The van der Waals surface area contributed by atoms with Crippen LogP contribution in [0.4, 0.5) is 0 Å². The average Bonchev–Trinajstić information content (AvgIpc) is 2.97. The molecular weight excluding hydrogens is 296 g/mol. The van der Waals surface area contributed by atoms with Crippen molar-refractivity contribution in [2.75, 3.05) is 26.2 Å². The Balaban J connectivity index is 2.14. The van der Waals surface area contributed by atoms with Crippen molar-refractivity contribution in [2.45, 2.75) is 51.2 Å². The molecule has 122 valence electrons. The van der Waals surface area contributed by atoms with Gasteiger partial charge in [0, 0.05) is 26.2 Å². The Hall–Kier alpha value is -0.700. The van der Waals surface area contributed by atoms with Gasteiger partial charge in [-0.1, -0.05) is 6.92 Å². The maximum Gasteiger partial charge on any atom is 0.322 e. The number of carbonyl (C=O) groups is 1. The zero-order chi connectivity index (χ0) is 15.5. The Morgan fingerprint density at radius 1 is 1.33 bits per heavy atom. The lowest BCUT2D eigenvalue weighted by Crippen LogP contribution is -2.54. The summed E-state index contributed by atoms with van der Waals surface area (Å²) in [4.78, 5) is 11.3. The summed E-state index contributed by atoms with van der Waals surface area (Å²) in [6, 6.07) is -0.942. The van der Waals surface area contributed by atoms with Gasteiger partial charge in [0.25, 0.3) is 10.2 Å². The van der Waals surface area contributed by atoms with Gasteiger partial charge in [-0.15, -0.1) is 0 Å². The Labute approximate surface area is 126 Å². The molecule has 0 aliphatic carbocycles. The minimum absolute atomic E-state index is 0.0761. The van der Waals surface area contributed by atoms with E-state index in [2.05, 4.69) is 0 Å². The molecule has 2 heterocycles. The summed E-state index contributed by atoms with van der Waals surface area (Å²) in [7, 11) is -3.75. The van der Waals surface area contributed by atoms with Crippen LogP contribution < -0.4 is 0 Å². The molecule has 21 heavy (non-hydrogen) atoms. The van der Waals surface area contributed by atoms with E-state index in [9.17, 15) is 18.3 Å². The van der Waals surface area contributed by atoms with E-state index in [-0.39, 0.29) is 12.6 Å². The van der Waals surface area contributed by atoms with Crippen LogP contribution in [-0.2, 0) is 19.7 Å². The van der Waals surface area contributed by atoms with Crippen LogP contribution in [-0.4, -0.2) is 66.5 Å². The van der Waals surface area contributed by atoms with E-state index in [4.69, 9.17) is 4.74 Å². The number of carboxylic acid groups (broad SMARTS) is 1. The van der Waals surface area contributed by atoms with E-state index in [0.717, 1.165) is 23.6 Å². The monoisotopic (exact) mass is 320 g/mol. The summed E-state index contributed by atoms with van der Waals surface area (Å²) < 4.78 is 33.5. The van der Waals surface area contributed by atoms with Gasteiger partial charge in [0.05, 0.1) is 6.10 Å². The number of aliphatic carboxylic acids is 1. The van der Waals surface area contributed by atoms with Crippen molar-refractivity contribution < 1.29 is 23.1 Å². The molecule has 0 aromatic carbocycles. The van der Waals surface area contributed by atoms with Gasteiger partial charge >= 0.3 is 5.97 Å². The lowest BCUT2D eigenvalue weighted by Gasteiger charge is -2.36. The summed E-state index contributed by atoms with van der Waals surface area (Å²) in [5.74, 6) is -1.06. The Kier molecular flexibility index (Phi) is 5.59. The molecule has 2 unspecified atom stereocenters. The second-order valence-corrected chi connectivity index (χ2v) is 7.44. The number of ether oxygens (including phenoxy) is 1. The van der Waals surface area contributed by atoms with Crippen LogP contribution in [0, 0.1) is 0 Å². The molecule has 0 radical (unpaired) electrons. The average molecular weight is 320 g/mol. The molecule has 0 spiro atoms. The first kappa shape index (κ1) is 16.7. The smallest absolute Gasteiger partial charge is 0.322 e. The molecule has 8 heteroatoms. The van der Waals surface area contributed by atoms with Gasteiger partial charge in [0.2, 0.25) is 0 Å². The third-order valence-corrected chi connectivity index (χ3v) is 6.23. The molecule has 0 aromatic rings. The fraction of sp³-hybridized carbons (Fsp3) is 0.923. The van der Waals surface area contributed by atoms with E-state index in [1.54, 1.807) is 6.92 Å². The summed E-state index contributed by atoms with van der Waals surface area (Å²) >= 11 is 0. The Morgan fingerprint density at radius 2 is 2.10 bits per heavy atom. The highest BCUT2D eigenvalue weighted by Gasteiger charge is 2.40. The Morgan fingerprint density at radius 3 is 2.67 bits per heavy atom. The molecule has 2 atom stereocenters. The van der Waals surface area contributed by atoms with E-state index < -0.39 is 22.2 Å². The molecule has 7 nitrogen and oxygen atoms in total. The number of nitrogens with zero attached hydrogens (tertiary/aromatic N) is 2. The molecule has 0 bridgehead atoms. The van der Waals surface area contributed by atoms with Gasteiger partial charge in [0.1, 0.15) is 6.04 Å². The predicted molar refractivity (Wildman–Crippen MR) is 77.1 cm³/mol. The first-order valence-electron chi connectivity index (χ1n) is 7.58. The normalized spacial score (nSPS) is 28.1. The first-order valence-corrected chi connectivity index (χ1v) is 8.97. The molecule has 2 aliphatic heterocycles. The highest BCUT2D eigenvalue weighted by Crippen LogP contribution is 2.24. The standard InChI is InChI=1S/C13H24N2O5S/c1-2-14(10-11-6-5-9-20-11)21(18,19)15-8-4-3-7-12(15)13(16)17/h11-12H,2-10H2,1H3,(H,16,17). The number of likely N-dealkylation sites (N-methyl/N-ethyl adjacent to an activating group) is 1. The molecule has 0 amide bonds. The van der Waals surface area contributed by atoms with Crippen molar-refractivity contribution in [3.05, 3.63) is 0 Å². The number of hydrogen-bond acceptors (Lipinski definition) is 4. The second kappa shape index (κ2) is 7.04. The van der Waals surface area contributed by atoms with Gasteiger partial charge in [-0.05, 0) is 32.1 Å². The molecule has 2 fully saturated rings. The van der Waals surface area contributed by atoms with Crippen LogP contribution in [0.25, 0.3) is 0 Å². The number of piperidine rings is 1. The summed E-state index contributed by atoms with van der Waals surface area (Å²) in [6.07, 6.45) is 3.57. The topological polar surface area (TPSA) is 87.2 Å². The number of rotatable bonds is 6. The van der Waals surface area contributed by atoms with Crippen molar-refractivity contribution in [3.8, 4) is 0 Å². The Bertz CT molecular complexity index is 461. The van der Waals surface area contributed by atoms with Crippen LogP contribution in [0.3, 0.4) is 0 Å². The van der Waals surface area contributed by atoms with Crippen molar-refractivity contribution in [1.29, 1.82) is 0 Å². The minimum atomic E-state index is -3.75. The maximum atomic E-state index is 12.8. The highest BCUT2D eigenvalue weighted by molar-refractivity contribution is 7.86. The van der Waals surface area contributed by atoms with Gasteiger partial charge in [-0.2, -0.15) is 17.0 Å². The van der Waals surface area contributed by atoms with Gasteiger partial charge in [-0.25, -0.2) is 0 Å². The fourth-order valence-electron chi connectivity index (χ4n) is 2.98. The number of carboxylic acids is 1. The second-order valence-electron chi connectivity index (χ2n) is 5.55. The van der Waals surface area contributed by atoms with Crippen LogP contribution in [0.1, 0.15) is 39.0 Å². The van der Waals surface area contributed by atoms with Crippen LogP contribution in [0.15, 0.2) is 0 Å². The van der Waals surface area contributed by atoms with Crippen molar-refractivity contribution in [2.24, 2.45) is 0 Å². The number of hydrogen-bond donors (Lipinski definition) is 1. The molecule has 2 saturated heterocycles. The minimum Gasteiger partial charge on any atom is -0.480 e. The summed E-state index contributed by atoms with van der Waals surface area (Å²) in [6.45, 7) is 3.35. The molecule has 2 rings (SSSR count). The van der Waals surface area contributed by atoms with Crippen LogP contribution in [0.5, 0.6) is 0 Å².